The van der Waals surface area contributed by atoms with Crippen LogP contribution in [0.15, 0.2) is 35.7 Å². The Labute approximate surface area is 190 Å². The molecule has 4 heterocycles. The molecule has 0 radical (unpaired) electrons. The molecule has 1 aromatic carbocycles. The summed E-state index contributed by atoms with van der Waals surface area (Å²) < 4.78 is 6.90. The van der Waals surface area contributed by atoms with Gasteiger partial charge >= 0.3 is 0 Å². The predicted octanol–water partition coefficient (Wildman–Crippen LogP) is 4.06. The van der Waals surface area contributed by atoms with Crippen LogP contribution < -0.4 is 10.1 Å². The number of methoxy groups -OCH3 is 1. The average Bonchev–Trinajstić information content (AvgIpc) is 3.31. The number of ether oxygens (including phenoxy) is 1. The first-order valence-corrected chi connectivity index (χ1v) is 11.3. The van der Waals surface area contributed by atoms with Crippen LogP contribution in [-0.4, -0.2) is 38.4 Å². The first-order valence-electron chi connectivity index (χ1n) is 10.5. The van der Waals surface area contributed by atoms with Crippen molar-refractivity contribution < 1.29 is 9.57 Å². The van der Waals surface area contributed by atoms with Crippen LogP contribution in [0.4, 0.5) is 0 Å². The van der Waals surface area contributed by atoms with Crippen LogP contribution in [0.3, 0.4) is 0 Å². The molecule has 32 heavy (non-hydrogen) atoms. The van der Waals surface area contributed by atoms with E-state index in [-0.39, 0.29) is 17.7 Å². The molecular formula is C23H26N6O2S. The van der Waals surface area contributed by atoms with E-state index in [0.29, 0.717) is 5.82 Å². The summed E-state index contributed by atoms with van der Waals surface area (Å²) in [5.41, 5.74) is 2.91. The molecule has 0 bridgehead atoms. The summed E-state index contributed by atoms with van der Waals surface area (Å²) in [5, 5.41) is 13.4. The Morgan fingerprint density at radius 2 is 2.00 bits per heavy atom. The van der Waals surface area contributed by atoms with Crippen LogP contribution in [-0.2, 0) is 23.4 Å². The van der Waals surface area contributed by atoms with Gasteiger partial charge in [-0.15, -0.1) is 16.4 Å². The summed E-state index contributed by atoms with van der Waals surface area (Å²) in [7, 11) is 1.64. The topological polar surface area (TPSA) is 85.9 Å². The van der Waals surface area contributed by atoms with E-state index in [1.807, 2.05) is 24.3 Å². The molecule has 1 aliphatic heterocycles. The van der Waals surface area contributed by atoms with E-state index >= 15 is 0 Å². The molecule has 1 aliphatic rings. The Kier molecular flexibility index (Phi) is 4.90. The highest BCUT2D eigenvalue weighted by Gasteiger charge is 2.39. The van der Waals surface area contributed by atoms with Crippen molar-refractivity contribution in [2.45, 2.75) is 51.8 Å². The normalized spacial score (nSPS) is 17.2. The smallest absolute Gasteiger partial charge is 0.192 e. The number of benzene rings is 1. The fourth-order valence-electron chi connectivity index (χ4n) is 4.51. The van der Waals surface area contributed by atoms with E-state index in [1.165, 1.54) is 10.4 Å². The third-order valence-corrected chi connectivity index (χ3v) is 7.06. The zero-order valence-corrected chi connectivity index (χ0v) is 19.7. The van der Waals surface area contributed by atoms with Gasteiger partial charge in [-0.05, 0) is 69.5 Å². The molecule has 0 unspecified atom stereocenters. The molecule has 0 saturated heterocycles. The Morgan fingerprint density at radius 3 is 2.75 bits per heavy atom. The lowest BCUT2D eigenvalue weighted by molar-refractivity contribution is 0.126. The van der Waals surface area contributed by atoms with E-state index < -0.39 is 0 Å². The fourth-order valence-corrected chi connectivity index (χ4v) is 5.72. The minimum Gasteiger partial charge on any atom is -0.497 e. The molecule has 4 aromatic rings. The third kappa shape index (κ3) is 3.71. The second-order valence-corrected chi connectivity index (χ2v) is 10.2. The number of hydrogen-bond acceptors (Lipinski definition) is 8. The molecule has 9 heteroatoms. The van der Waals surface area contributed by atoms with E-state index in [0.717, 1.165) is 33.6 Å². The van der Waals surface area contributed by atoms with Crippen LogP contribution in [0.25, 0.3) is 15.9 Å². The first kappa shape index (κ1) is 20.8. The van der Waals surface area contributed by atoms with Crippen molar-refractivity contribution in [3.05, 3.63) is 52.4 Å². The van der Waals surface area contributed by atoms with Crippen LogP contribution in [0.2, 0.25) is 0 Å². The second kappa shape index (κ2) is 7.53. The van der Waals surface area contributed by atoms with Crippen molar-refractivity contribution in [1.82, 2.24) is 24.9 Å². The number of rotatable bonds is 5. The number of fused-ring (bicyclic) bond motifs is 5. The molecule has 0 fully saturated rings. The maximum atomic E-state index is 5.45. The zero-order chi connectivity index (χ0) is 22.5. The molecule has 8 nitrogen and oxygen atoms in total. The highest BCUT2D eigenvalue weighted by molar-refractivity contribution is 7.19. The van der Waals surface area contributed by atoms with Gasteiger partial charge in [-0.2, -0.15) is 0 Å². The van der Waals surface area contributed by atoms with Crippen molar-refractivity contribution in [3.63, 3.8) is 0 Å². The average molecular weight is 451 g/mol. The summed E-state index contributed by atoms with van der Waals surface area (Å²) in [6.45, 7) is 9.10. The van der Waals surface area contributed by atoms with Gasteiger partial charge in [0.05, 0.1) is 18.7 Å². The van der Waals surface area contributed by atoms with Crippen LogP contribution in [0, 0.1) is 0 Å². The standard InChI is InChI=1S/C23H26N6O2S/c1-22(2)10-16-18-20-26-17(12-31-25-11-14-6-8-15(30-5)9-7-14)27-29(20)13-24-21(18)32-19(16)23(3,4)28-22/h6-9,11,13,28H,10,12H2,1-5H3/b25-11-. The molecular weight excluding hydrogens is 424 g/mol. The monoisotopic (exact) mass is 450 g/mol. The number of hydrogen-bond donors (Lipinski definition) is 1. The summed E-state index contributed by atoms with van der Waals surface area (Å²) in [6.07, 6.45) is 4.29. The minimum absolute atomic E-state index is 0.0144. The van der Waals surface area contributed by atoms with Crippen molar-refractivity contribution in [2.24, 2.45) is 5.16 Å². The lowest BCUT2D eigenvalue weighted by Gasteiger charge is -2.42. The summed E-state index contributed by atoms with van der Waals surface area (Å²) in [5.74, 6) is 1.37. The van der Waals surface area contributed by atoms with E-state index in [4.69, 9.17) is 14.6 Å². The van der Waals surface area contributed by atoms with Crippen LogP contribution >= 0.6 is 11.3 Å². The Morgan fingerprint density at radius 1 is 1.22 bits per heavy atom. The highest BCUT2D eigenvalue weighted by Crippen LogP contribution is 2.44. The summed E-state index contributed by atoms with van der Waals surface area (Å²) in [6, 6.07) is 7.58. The quantitative estimate of drug-likeness (QED) is 0.365. The van der Waals surface area contributed by atoms with E-state index in [1.54, 1.807) is 35.5 Å². The number of aromatic nitrogens is 4. The maximum absolute atomic E-state index is 5.45. The number of thiophene rings is 1. The minimum atomic E-state index is -0.123. The number of oxime groups is 1. The molecule has 0 spiro atoms. The van der Waals surface area contributed by atoms with Gasteiger partial charge in [0.2, 0.25) is 0 Å². The first-order chi connectivity index (χ1) is 15.3. The Balaban J connectivity index is 1.42. The van der Waals surface area contributed by atoms with Gasteiger partial charge in [-0.3, -0.25) is 0 Å². The van der Waals surface area contributed by atoms with Gasteiger partial charge in [0.15, 0.2) is 18.1 Å². The molecule has 0 saturated carbocycles. The zero-order valence-electron chi connectivity index (χ0n) is 18.8. The lowest BCUT2D eigenvalue weighted by atomic mass is 9.82. The van der Waals surface area contributed by atoms with Crippen LogP contribution in [0.5, 0.6) is 5.75 Å². The van der Waals surface area contributed by atoms with Gasteiger partial charge in [0.25, 0.3) is 0 Å². The van der Waals surface area contributed by atoms with Crippen molar-refractivity contribution in [1.29, 1.82) is 0 Å². The largest absolute Gasteiger partial charge is 0.497 e. The Bertz CT molecular complexity index is 1320. The molecule has 0 aliphatic carbocycles. The van der Waals surface area contributed by atoms with Crippen molar-refractivity contribution >= 4 is 33.4 Å². The second-order valence-electron chi connectivity index (χ2n) is 9.22. The molecule has 3 aromatic heterocycles. The van der Waals surface area contributed by atoms with Gasteiger partial charge in [-0.1, -0.05) is 5.16 Å². The van der Waals surface area contributed by atoms with Gasteiger partial charge < -0.3 is 14.9 Å². The van der Waals surface area contributed by atoms with Crippen molar-refractivity contribution in [2.75, 3.05) is 7.11 Å². The molecule has 1 N–H and O–H groups in total. The van der Waals surface area contributed by atoms with E-state index in [2.05, 4.69) is 48.3 Å². The fraction of sp³-hybridized carbons (Fsp3) is 0.391. The van der Waals surface area contributed by atoms with Gasteiger partial charge in [0, 0.05) is 16.0 Å². The number of nitrogens with zero attached hydrogens (tertiary/aromatic N) is 5. The van der Waals surface area contributed by atoms with E-state index in [9.17, 15) is 0 Å². The lowest BCUT2D eigenvalue weighted by Crippen LogP contribution is -2.54. The molecule has 5 rings (SSSR count). The predicted molar refractivity (Wildman–Crippen MR) is 125 cm³/mol. The van der Waals surface area contributed by atoms with Gasteiger partial charge in [0.1, 0.15) is 16.9 Å². The molecule has 0 atom stereocenters. The third-order valence-electron chi connectivity index (χ3n) is 5.59. The summed E-state index contributed by atoms with van der Waals surface area (Å²) >= 11 is 1.73. The maximum Gasteiger partial charge on any atom is 0.192 e. The summed E-state index contributed by atoms with van der Waals surface area (Å²) in [4.78, 5) is 17.2. The highest BCUT2D eigenvalue weighted by atomic mass is 32.1. The SMILES string of the molecule is COc1ccc(/C=N\OCc2nc3c4c5c(sc4ncn3n2)C(C)(C)NC(C)(C)C5)cc1. The Hall–Kier alpha value is -3.04. The molecule has 0 amide bonds. The van der Waals surface area contributed by atoms with Gasteiger partial charge in [-0.25, -0.2) is 14.5 Å². The van der Waals surface area contributed by atoms with Crippen molar-refractivity contribution in [3.8, 4) is 5.75 Å². The molecule has 166 valence electrons. The number of nitrogens with one attached hydrogen (secondary N) is 1. The van der Waals surface area contributed by atoms with Crippen LogP contribution in [0.1, 0.15) is 49.5 Å².